The van der Waals surface area contributed by atoms with Crippen molar-refractivity contribution in [1.29, 1.82) is 5.26 Å². The van der Waals surface area contributed by atoms with Crippen molar-refractivity contribution in [2.24, 2.45) is 0 Å². The van der Waals surface area contributed by atoms with Gasteiger partial charge in [-0.05, 0) is 73.4 Å². The van der Waals surface area contributed by atoms with Gasteiger partial charge in [0.1, 0.15) is 17.5 Å². The van der Waals surface area contributed by atoms with E-state index >= 15 is 0 Å². The van der Waals surface area contributed by atoms with Gasteiger partial charge in [-0.15, -0.1) is 0 Å². The van der Waals surface area contributed by atoms with Gasteiger partial charge in [-0.25, -0.2) is 4.79 Å². The first-order chi connectivity index (χ1) is 17.6. The lowest BCUT2D eigenvalue weighted by Crippen LogP contribution is -2.44. The van der Waals surface area contributed by atoms with Gasteiger partial charge in [-0.2, -0.15) is 5.26 Å². The first-order valence-electron chi connectivity index (χ1n) is 12.5. The maximum Gasteiger partial charge on any atom is 0.410 e. The number of carbonyl (C=O) groups excluding carboxylic acids is 1. The molecule has 1 heterocycles. The van der Waals surface area contributed by atoms with Crippen LogP contribution < -0.4 is 4.74 Å². The number of nitriles is 1. The first-order valence-corrected chi connectivity index (χ1v) is 12.5. The standard InChI is InChI=1S/C30H32N2O5/c1-30(2,3)37-29(35)32-14-12-26(13-15-32)36-25-10-8-23(9-11-25)27(28(33)34)18-20-4-6-22-7-5-21(19-31)17-24(22)16-20/h4-11,16-17,26-27H,12-15,18H2,1-3H3,(H,33,34). The molecule has 0 spiro atoms. The van der Waals surface area contributed by atoms with Crippen LogP contribution in [0.2, 0.25) is 0 Å². The molecule has 1 saturated heterocycles. The first kappa shape index (κ1) is 26.0. The molecule has 37 heavy (non-hydrogen) atoms. The molecule has 1 aliphatic rings. The van der Waals surface area contributed by atoms with Gasteiger partial charge in [0.15, 0.2) is 0 Å². The van der Waals surface area contributed by atoms with Gasteiger partial charge in [0, 0.05) is 25.9 Å². The highest BCUT2D eigenvalue weighted by atomic mass is 16.6. The Hall–Kier alpha value is -4.05. The minimum atomic E-state index is -0.894. The second-order valence-electron chi connectivity index (χ2n) is 10.5. The SMILES string of the molecule is CC(C)(C)OC(=O)N1CCC(Oc2ccc(C(Cc3ccc4ccc(C#N)cc4c3)C(=O)O)cc2)CC1. The molecule has 1 aliphatic heterocycles. The van der Waals surface area contributed by atoms with Crippen LogP contribution in [0.25, 0.3) is 10.8 Å². The molecule has 3 aromatic carbocycles. The van der Waals surface area contributed by atoms with Gasteiger partial charge in [0.25, 0.3) is 0 Å². The van der Waals surface area contributed by atoms with Crippen LogP contribution in [-0.4, -0.2) is 46.9 Å². The van der Waals surface area contributed by atoms with E-state index in [9.17, 15) is 20.0 Å². The number of likely N-dealkylation sites (tertiary alicyclic amines) is 1. The number of hydrogen-bond acceptors (Lipinski definition) is 5. The highest BCUT2D eigenvalue weighted by Gasteiger charge is 2.28. The third-order valence-corrected chi connectivity index (χ3v) is 6.45. The molecule has 192 valence electrons. The van der Waals surface area contributed by atoms with Crippen LogP contribution in [0.5, 0.6) is 5.75 Å². The molecule has 1 amide bonds. The van der Waals surface area contributed by atoms with Crippen LogP contribution in [0.3, 0.4) is 0 Å². The minimum Gasteiger partial charge on any atom is -0.490 e. The summed E-state index contributed by atoms with van der Waals surface area (Å²) < 4.78 is 11.6. The fourth-order valence-electron chi connectivity index (χ4n) is 4.53. The Balaban J connectivity index is 1.38. The summed E-state index contributed by atoms with van der Waals surface area (Å²) in [6, 6.07) is 20.7. The predicted molar refractivity (Wildman–Crippen MR) is 141 cm³/mol. The molecule has 1 unspecified atom stereocenters. The highest BCUT2D eigenvalue weighted by Crippen LogP contribution is 2.27. The molecule has 7 heteroatoms. The molecule has 1 atom stereocenters. The molecule has 0 aromatic heterocycles. The molecular formula is C30H32N2O5. The third kappa shape index (κ3) is 6.79. The van der Waals surface area contributed by atoms with Crippen molar-refractivity contribution in [1.82, 2.24) is 4.90 Å². The van der Waals surface area contributed by atoms with Crippen LogP contribution in [0.4, 0.5) is 4.79 Å². The molecular weight excluding hydrogens is 468 g/mol. The number of piperidine rings is 1. The summed E-state index contributed by atoms with van der Waals surface area (Å²) in [7, 11) is 0. The second-order valence-corrected chi connectivity index (χ2v) is 10.5. The van der Waals surface area contributed by atoms with Gasteiger partial charge < -0.3 is 19.5 Å². The van der Waals surface area contributed by atoms with Crippen LogP contribution in [0, 0.1) is 11.3 Å². The number of aliphatic carboxylic acids is 1. The summed E-state index contributed by atoms with van der Waals surface area (Å²) in [5.41, 5.74) is 1.65. The molecule has 1 fully saturated rings. The van der Waals surface area contributed by atoms with Crippen LogP contribution in [0.1, 0.15) is 56.2 Å². The van der Waals surface area contributed by atoms with Crippen molar-refractivity contribution in [2.45, 2.75) is 57.7 Å². The van der Waals surface area contributed by atoms with Crippen molar-refractivity contribution >= 4 is 22.8 Å². The van der Waals surface area contributed by atoms with E-state index < -0.39 is 17.5 Å². The number of carboxylic acids is 1. The number of amides is 1. The summed E-state index contributed by atoms with van der Waals surface area (Å²) in [6.07, 6.45) is 1.43. The maximum atomic E-state index is 12.3. The van der Waals surface area contributed by atoms with E-state index in [1.807, 2.05) is 63.2 Å². The van der Waals surface area contributed by atoms with Crippen molar-refractivity contribution in [3.63, 3.8) is 0 Å². The van der Waals surface area contributed by atoms with E-state index in [-0.39, 0.29) is 12.2 Å². The van der Waals surface area contributed by atoms with Crippen molar-refractivity contribution in [3.8, 4) is 11.8 Å². The average molecular weight is 501 g/mol. The lowest BCUT2D eigenvalue weighted by Gasteiger charge is -2.33. The summed E-state index contributed by atoms with van der Waals surface area (Å²) in [6.45, 7) is 6.70. The lowest BCUT2D eigenvalue weighted by molar-refractivity contribution is -0.138. The number of benzene rings is 3. The van der Waals surface area contributed by atoms with Gasteiger partial charge in [-0.1, -0.05) is 36.4 Å². The molecule has 0 radical (unpaired) electrons. The molecule has 0 bridgehead atoms. The normalized spacial score (nSPS) is 15.1. The molecule has 4 rings (SSSR count). The number of carbonyl (C=O) groups is 2. The van der Waals surface area contributed by atoms with E-state index in [4.69, 9.17) is 9.47 Å². The van der Waals surface area contributed by atoms with E-state index in [2.05, 4.69) is 6.07 Å². The predicted octanol–water partition coefficient (Wildman–Crippen LogP) is 5.90. The topological polar surface area (TPSA) is 99.9 Å². The van der Waals surface area contributed by atoms with Gasteiger partial charge in [0.05, 0.1) is 17.6 Å². The number of carboxylic acid groups (broad SMARTS) is 1. The zero-order valence-electron chi connectivity index (χ0n) is 21.4. The quantitative estimate of drug-likeness (QED) is 0.452. The molecule has 0 saturated carbocycles. The monoisotopic (exact) mass is 500 g/mol. The Labute approximate surface area is 217 Å². The van der Waals surface area contributed by atoms with Crippen molar-refractivity contribution in [2.75, 3.05) is 13.1 Å². The van der Waals surface area contributed by atoms with Crippen LogP contribution in [-0.2, 0) is 16.0 Å². The zero-order chi connectivity index (χ0) is 26.6. The van der Waals surface area contributed by atoms with E-state index in [1.54, 1.807) is 23.1 Å². The van der Waals surface area contributed by atoms with Crippen LogP contribution in [0.15, 0.2) is 60.7 Å². The summed E-state index contributed by atoms with van der Waals surface area (Å²) in [5, 5.41) is 21.0. The minimum absolute atomic E-state index is 0.0179. The van der Waals surface area contributed by atoms with Gasteiger partial charge >= 0.3 is 12.1 Å². The van der Waals surface area contributed by atoms with E-state index in [0.29, 0.717) is 49.2 Å². The largest absolute Gasteiger partial charge is 0.490 e. The molecule has 0 aliphatic carbocycles. The van der Waals surface area contributed by atoms with E-state index in [1.165, 1.54) is 0 Å². The van der Waals surface area contributed by atoms with E-state index in [0.717, 1.165) is 16.3 Å². The maximum absolute atomic E-state index is 12.3. The van der Waals surface area contributed by atoms with Crippen molar-refractivity contribution < 1.29 is 24.2 Å². The Morgan fingerprint density at radius 3 is 2.32 bits per heavy atom. The Kier molecular flexibility index (Phi) is 7.68. The fraction of sp³-hybridized carbons (Fsp3) is 0.367. The number of rotatable bonds is 6. The van der Waals surface area contributed by atoms with Gasteiger partial charge in [0.2, 0.25) is 0 Å². The Morgan fingerprint density at radius 2 is 1.70 bits per heavy atom. The molecule has 3 aromatic rings. The summed E-state index contributed by atoms with van der Waals surface area (Å²) >= 11 is 0. The van der Waals surface area contributed by atoms with Gasteiger partial charge in [-0.3, -0.25) is 4.79 Å². The smallest absolute Gasteiger partial charge is 0.410 e. The summed E-state index contributed by atoms with van der Waals surface area (Å²) in [4.78, 5) is 26.1. The van der Waals surface area contributed by atoms with Crippen LogP contribution >= 0.6 is 0 Å². The fourth-order valence-corrected chi connectivity index (χ4v) is 4.53. The van der Waals surface area contributed by atoms with Crippen molar-refractivity contribution in [3.05, 3.63) is 77.4 Å². The number of nitrogens with zero attached hydrogens (tertiary/aromatic N) is 2. The highest BCUT2D eigenvalue weighted by molar-refractivity contribution is 5.85. The Bertz CT molecular complexity index is 1310. The number of ether oxygens (including phenoxy) is 2. The summed E-state index contributed by atoms with van der Waals surface area (Å²) in [5.74, 6) is -0.921. The number of fused-ring (bicyclic) bond motifs is 1. The Morgan fingerprint density at radius 1 is 1.03 bits per heavy atom. The third-order valence-electron chi connectivity index (χ3n) is 6.45. The zero-order valence-corrected chi connectivity index (χ0v) is 21.4. The molecule has 1 N–H and O–H groups in total. The lowest BCUT2D eigenvalue weighted by atomic mass is 9.91. The number of hydrogen-bond donors (Lipinski definition) is 1. The second kappa shape index (κ2) is 10.9. The molecule has 7 nitrogen and oxygen atoms in total. The average Bonchev–Trinajstić information content (AvgIpc) is 2.86.